The molecule has 504 valence electrons. The maximum Gasteiger partial charge on any atom is 0.430 e. The number of benzene rings is 6. The lowest BCUT2D eigenvalue weighted by Crippen LogP contribution is -2.55. The summed E-state index contributed by atoms with van der Waals surface area (Å²) in [6, 6.07) is 46.1. The number of hydrogen-bond donors (Lipinski definition) is 6. The van der Waals surface area contributed by atoms with Crippen LogP contribution in [0.2, 0.25) is 0 Å². The molecule has 4 bridgehead atoms. The van der Waals surface area contributed by atoms with Gasteiger partial charge in [-0.3, -0.25) is 19.4 Å². The van der Waals surface area contributed by atoms with Gasteiger partial charge in [-0.05, 0) is 108 Å². The van der Waals surface area contributed by atoms with Gasteiger partial charge in [0.25, 0.3) is 11.8 Å². The number of carboxylic acid groups (broad SMARTS) is 2. The van der Waals surface area contributed by atoms with Crippen LogP contribution in [0.4, 0.5) is 35.1 Å². The van der Waals surface area contributed by atoms with E-state index < -0.39 is 24.3 Å². The second kappa shape index (κ2) is 30.8. The molecule has 6 aliphatic rings. The monoisotopic (exact) mass is 1310 g/mol. The van der Waals surface area contributed by atoms with Crippen molar-refractivity contribution < 1.29 is 73.5 Å². The van der Waals surface area contributed by atoms with Crippen molar-refractivity contribution in [1.82, 2.24) is 41.7 Å². The van der Waals surface area contributed by atoms with Crippen LogP contribution in [0.3, 0.4) is 0 Å². The lowest BCUT2D eigenvalue weighted by atomic mass is 10.00. The molecule has 6 N–H and O–H groups in total. The molecule has 6 heterocycles. The Labute approximate surface area is 542 Å². The molecular weight excluding hydrogens is 1230 g/mol. The number of hydrogen-bond acceptors (Lipinski definition) is 12. The minimum Gasteiger partial charge on any atom is -0.542 e. The van der Waals surface area contributed by atoms with Gasteiger partial charge in [0, 0.05) is 137 Å². The number of nitrogens with zero attached hydrogens (tertiary/aromatic N) is 4. The number of nitrogens with one attached hydrogen (secondary N) is 6. The quantitative estimate of drug-likeness (QED) is 0.0462. The third-order valence-corrected chi connectivity index (χ3v) is 18.5. The smallest absolute Gasteiger partial charge is 0.430 e. The molecular formula is C70H82F8N10O6. The maximum absolute atomic E-state index is 14.9. The Hall–Kier alpha value is -7.68. The summed E-state index contributed by atoms with van der Waals surface area (Å²) in [4.78, 5) is 48.6. The first kappa shape index (κ1) is 70.6. The van der Waals surface area contributed by atoms with E-state index in [1.54, 1.807) is 12.1 Å². The lowest BCUT2D eigenvalue weighted by molar-refractivity contribution is -0.936. The van der Waals surface area contributed by atoms with Crippen LogP contribution < -0.4 is 42.1 Å². The number of likely N-dealkylation sites (tertiary alicyclic amines) is 2. The van der Waals surface area contributed by atoms with Gasteiger partial charge in [-0.15, -0.1) is 0 Å². The fraction of sp³-hybridized carbons (Fsp3) is 0.429. The fourth-order valence-corrected chi connectivity index (χ4v) is 13.9. The zero-order valence-electron chi connectivity index (χ0n) is 53.2. The summed E-state index contributed by atoms with van der Waals surface area (Å²) in [5.74, 6) is -6.73. The normalized spacial score (nSPS) is 24.0. The van der Waals surface area contributed by atoms with E-state index in [-0.39, 0.29) is 23.4 Å². The van der Waals surface area contributed by atoms with E-state index in [9.17, 15) is 44.7 Å². The molecule has 6 aromatic carbocycles. The number of quaternary nitrogens is 2. The van der Waals surface area contributed by atoms with Crippen molar-refractivity contribution in [3.63, 3.8) is 0 Å². The number of piperazine rings is 4. The Kier molecular flexibility index (Phi) is 23.1. The van der Waals surface area contributed by atoms with Crippen LogP contribution in [-0.4, -0.2) is 171 Å². The van der Waals surface area contributed by atoms with Crippen molar-refractivity contribution in [3.05, 3.63) is 190 Å². The van der Waals surface area contributed by atoms with Crippen LogP contribution in [-0.2, 0) is 48.9 Å². The molecule has 0 aliphatic carbocycles. The summed E-state index contributed by atoms with van der Waals surface area (Å²) in [5, 5.41) is 37.8. The number of carboxylic acids is 2. The van der Waals surface area contributed by atoms with Gasteiger partial charge in [-0.25, -0.2) is 8.78 Å². The van der Waals surface area contributed by atoms with Crippen LogP contribution >= 0.6 is 0 Å². The Bertz CT molecular complexity index is 3400. The van der Waals surface area contributed by atoms with E-state index in [4.69, 9.17) is 19.8 Å². The SMILES string of the molecule is C[C@H]1CN(Cc2cccc(-c3cc(CNC(=O)c4cccc(C[N+]5(C)C[C@@H]6C[C@H]5CN6)c4)ccc3F)c2)CCN1.C[C@H]1CN(Cc2cccc(-c3cc(CNC(=O)c4cccc(C[N+]5(C)C[C@@H]6C[C@H]5CN6)c4)ccc3F)c2)CCN1.O=C([O-])C(F)(F)F.O=C([O-])C(F)(F)F. The van der Waals surface area contributed by atoms with Crippen molar-refractivity contribution in [2.24, 2.45) is 0 Å². The highest BCUT2D eigenvalue weighted by atomic mass is 19.4. The first-order valence-corrected chi connectivity index (χ1v) is 31.7. The second-order valence-electron chi connectivity index (χ2n) is 26.2. The molecule has 6 saturated heterocycles. The standard InChI is InChI=1S/2C33H40FN5O.2C2HF3O2/c2*1-23-19-38(12-11-35-23)20-25-5-3-7-27(13-25)31-15-24(9-10-32(31)34)17-37-33(40)28-8-4-6-26(14-28)21-39(2)22-29-16-30(39)18-36-29;2*3-2(4,5)1(6)7/h2*3-10,13-15,23,29-30,35-36H,11-12,16-22H2,1-2H3;2*(H,6,7)/t2*23-,29-,30-,39?;;/m00../s1. The van der Waals surface area contributed by atoms with Gasteiger partial charge >= 0.3 is 12.4 Å². The maximum atomic E-state index is 14.9. The number of carbonyl (C=O) groups excluding carboxylic acids is 4. The molecule has 12 rings (SSSR count). The molecule has 2 unspecified atom stereocenters. The highest BCUT2D eigenvalue weighted by Gasteiger charge is 2.49. The van der Waals surface area contributed by atoms with E-state index >= 15 is 0 Å². The Morgan fingerprint density at radius 3 is 1.22 bits per heavy atom. The molecule has 2 amide bonds. The third-order valence-electron chi connectivity index (χ3n) is 18.5. The number of alkyl halides is 6. The Morgan fingerprint density at radius 1 is 0.511 bits per heavy atom. The van der Waals surface area contributed by atoms with Crippen molar-refractivity contribution in [1.29, 1.82) is 0 Å². The Balaban J connectivity index is 0.000000184. The van der Waals surface area contributed by atoms with E-state index in [1.165, 1.54) is 47.2 Å². The number of amides is 2. The van der Waals surface area contributed by atoms with E-state index in [0.717, 1.165) is 123 Å². The summed E-state index contributed by atoms with van der Waals surface area (Å²) in [6.07, 6.45) is -7.90. The van der Waals surface area contributed by atoms with Crippen LogP contribution in [0.15, 0.2) is 133 Å². The average Bonchev–Trinajstić information content (AvgIpc) is 1.63. The molecule has 6 fully saturated rings. The van der Waals surface area contributed by atoms with Crippen LogP contribution in [0.1, 0.15) is 80.8 Å². The van der Waals surface area contributed by atoms with Crippen molar-refractivity contribution >= 4 is 23.8 Å². The zero-order chi connectivity index (χ0) is 67.5. The lowest BCUT2D eigenvalue weighted by Gasteiger charge is -2.38. The first-order valence-electron chi connectivity index (χ1n) is 31.7. The molecule has 0 spiro atoms. The largest absolute Gasteiger partial charge is 0.542 e. The minimum absolute atomic E-state index is 0.104. The molecule has 0 aromatic heterocycles. The predicted molar refractivity (Wildman–Crippen MR) is 336 cm³/mol. The fourth-order valence-electron chi connectivity index (χ4n) is 13.9. The zero-order valence-corrected chi connectivity index (χ0v) is 53.2. The van der Waals surface area contributed by atoms with Gasteiger partial charge in [0.05, 0.1) is 39.3 Å². The van der Waals surface area contributed by atoms with Crippen LogP contribution in [0.25, 0.3) is 22.3 Å². The van der Waals surface area contributed by atoms with E-state index in [2.05, 4.69) is 106 Å². The van der Waals surface area contributed by atoms with Gasteiger partial charge in [-0.1, -0.05) is 72.8 Å². The van der Waals surface area contributed by atoms with Crippen molar-refractivity contribution in [3.8, 4) is 22.3 Å². The summed E-state index contributed by atoms with van der Waals surface area (Å²) in [6.45, 7) is 19.2. The molecule has 0 radical (unpaired) electrons. The van der Waals surface area contributed by atoms with Gasteiger partial charge < -0.3 is 60.7 Å². The molecule has 6 aliphatic heterocycles. The number of rotatable bonds is 16. The molecule has 0 saturated carbocycles. The molecule has 16 nitrogen and oxygen atoms in total. The van der Waals surface area contributed by atoms with Gasteiger partial charge in [0.2, 0.25) is 0 Å². The average molecular weight is 1310 g/mol. The van der Waals surface area contributed by atoms with Crippen LogP contribution in [0.5, 0.6) is 0 Å². The summed E-state index contributed by atoms with van der Waals surface area (Å²) in [7, 11) is 4.68. The van der Waals surface area contributed by atoms with E-state index in [0.29, 0.717) is 71.6 Å². The Morgan fingerprint density at radius 2 is 0.883 bits per heavy atom. The second-order valence-corrected chi connectivity index (χ2v) is 26.2. The summed E-state index contributed by atoms with van der Waals surface area (Å²) >= 11 is 0. The number of likely N-dealkylation sites (N-methyl/N-ethyl adjacent to an activating group) is 2. The highest BCUT2D eigenvalue weighted by molar-refractivity contribution is 5.95. The summed E-state index contributed by atoms with van der Waals surface area (Å²) < 4.78 is 95.1. The van der Waals surface area contributed by atoms with Crippen molar-refractivity contribution in [2.75, 3.05) is 79.5 Å². The van der Waals surface area contributed by atoms with Crippen LogP contribution in [0, 0.1) is 11.6 Å². The molecule has 94 heavy (non-hydrogen) atoms. The number of halogens is 8. The number of aliphatic carboxylic acids is 2. The number of carbonyl (C=O) groups is 4. The highest BCUT2D eigenvalue weighted by Crippen LogP contribution is 2.34. The molecule has 6 aromatic rings. The summed E-state index contributed by atoms with van der Waals surface area (Å²) in [5.41, 5.74) is 10.7. The van der Waals surface area contributed by atoms with Crippen molar-refractivity contribution in [2.45, 2.75) is 115 Å². The molecule has 24 heteroatoms. The van der Waals surface area contributed by atoms with Gasteiger partial charge in [0.1, 0.15) is 48.7 Å². The van der Waals surface area contributed by atoms with E-state index in [1.807, 2.05) is 72.8 Å². The minimum atomic E-state index is -5.19. The number of fused-ring (bicyclic) bond motifs is 4. The predicted octanol–water partition coefficient (Wildman–Crippen LogP) is 6.41. The molecule has 8 atom stereocenters. The first-order chi connectivity index (χ1) is 44.6. The van der Waals surface area contributed by atoms with Gasteiger partial charge in [0.15, 0.2) is 0 Å². The topological polar surface area (TPSA) is 193 Å². The van der Waals surface area contributed by atoms with Gasteiger partial charge in [-0.2, -0.15) is 26.3 Å². The third kappa shape index (κ3) is 19.3.